The minimum atomic E-state index is -0.240. The molecule has 1 aliphatic carbocycles. The van der Waals surface area contributed by atoms with Crippen LogP contribution in [-0.4, -0.2) is 12.0 Å². The number of nitrogens with one attached hydrogen (secondary N) is 1. The number of nitrogens with zero attached hydrogens (tertiary/aromatic N) is 1. The maximum absolute atomic E-state index is 13.6. The Kier molecular flexibility index (Phi) is 3.69. The topological polar surface area (TPSA) is 24.9 Å². The van der Waals surface area contributed by atoms with Gasteiger partial charge in [-0.15, -0.1) is 11.3 Å². The van der Waals surface area contributed by atoms with E-state index in [1.165, 1.54) is 10.6 Å². The van der Waals surface area contributed by atoms with E-state index in [2.05, 4.69) is 26.2 Å². The molecule has 2 aromatic rings. The first kappa shape index (κ1) is 13.2. The van der Waals surface area contributed by atoms with Crippen molar-refractivity contribution in [2.24, 2.45) is 0 Å². The summed E-state index contributed by atoms with van der Waals surface area (Å²) in [5.74, 6) is -0.240. The van der Waals surface area contributed by atoms with Crippen molar-refractivity contribution < 1.29 is 4.39 Å². The zero-order chi connectivity index (χ0) is 13.4. The van der Waals surface area contributed by atoms with Gasteiger partial charge in [0, 0.05) is 16.5 Å². The fraction of sp³-hybridized carbons (Fsp3) is 0.357. The normalized spacial score (nSPS) is 18.4. The molecular weight excluding hydrogens is 327 g/mol. The highest BCUT2D eigenvalue weighted by Crippen LogP contribution is 2.38. The molecule has 1 aromatic heterocycles. The fourth-order valence-electron chi connectivity index (χ4n) is 2.45. The number of hydrogen-bond donors (Lipinski definition) is 1. The maximum atomic E-state index is 13.6. The summed E-state index contributed by atoms with van der Waals surface area (Å²) < 4.78 is 14.1. The van der Waals surface area contributed by atoms with E-state index in [1.54, 1.807) is 23.5 Å². The van der Waals surface area contributed by atoms with Crippen LogP contribution in [0.4, 0.5) is 4.39 Å². The maximum Gasteiger partial charge on any atom is 0.138 e. The number of aryl methyl sites for hydroxylation is 1. The van der Waals surface area contributed by atoms with Gasteiger partial charge >= 0.3 is 0 Å². The Bertz CT molecular complexity index is 611. The summed E-state index contributed by atoms with van der Waals surface area (Å²) in [4.78, 5) is 6.00. The molecular formula is C14H14BrFN2S. The highest BCUT2D eigenvalue weighted by Gasteiger charge is 2.23. The summed E-state index contributed by atoms with van der Waals surface area (Å²) in [6, 6.07) is 5.59. The SMILES string of the molecule is CNC1CCCc2nc(-c3ccc(Br)c(F)c3)sc21. The molecule has 0 amide bonds. The molecule has 1 aromatic carbocycles. The lowest BCUT2D eigenvalue weighted by Crippen LogP contribution is -2.19. The van der Waals surface area contributed by atoms with Crippen LogP contribution >= 0.6 is 27.3 Å². The number of halogens is 2. The quantitative estimate of drug-likeness (QED) is 0.881. The number of thiazole rings is 1. The van der Waals surface area contributed by atoms with Crippen molar-refractivity contribution in [3.8, 4) is 10.6 Å². The number of fused-ring (bicyclic) bond motifs is 1. The van der Waals surface area contributed by atoms with Crippen molar-refractivity contribution in [2.45, 2.75) is 25.3 Å². The first-order valence-electron chi connectivity index (χ1n) is 6.31. The molecule has 5 heteroatoms. The Balaban J connectivity index is 2.02. The summed E-state index contributed by atoms with van der Waals surface area (Å²) >= 11 is 4.86. The minimum absolute atomic E-state index is 0.240. The second-order valence-electron chi connectivity index (χ2n) is 4.69. The third kappa shape index (κ3) is 2.47. The van der Waals surface area contributed by atoms with Crippen LogP contribution in [0.2, 0.25) is 0 Å². The smallest absolute Gasteiger partial charge is 0.138 e. The van der Waals surface area contributed by atoms with E-state index in [-0.39, 0.29) is 5.82 Å². The Morgan fingerprint density at radius 1 is 1.47 bits per heavy atom. The monoisotopic (exact) mass is 340 g/mol. The number of benzene rings is 1. The zero-order valence-electron chi connectivity index (χ0n) is 10.5. The van der Waals surface area contributed by atoms with Crippen molar-refractivity contribution in [2.75, 3.05) is 7.05 Å². The van der Waals surface area contributed by atoms with Crippen LogP contribution in [0.15, 0.2) is 22.7 Å². The number of rotatable bonds is 2. The van der Waals surface area contributed by atoms with E-state index < -0.39 is 0 Å². The van der Waals surface area contributed by atoms with Crippen LogP contribution in [0.25, 0.3) is 10.6 Å². The molecule has 0 fully saturated rings. The van der Waals surface area contributed by atoms with Crippen molar-refractivity contribution in [1.82, 2.24) is 10.3 Å². The van der Waals surface area contributed by atoms with Gasteiger partial charge in [0.1, 0.15) is 10.8 Å². The third-order valence-corrected chi connectivity index (χ3v) is 5.37. The minimum Gasteiger partial charge on any atom is -0.312 e. The molecule has 0 radical (unpaired) electrons. The van der Waals surface area contributed by atoms with E-state index in [0.717, 1.165) is 29.8 Å². The molecule has 1 aliphatic rings. The molecule has 100 valence electrons. The Hall–Kier alpha value is -0.780. The molecule has 0 saturated heterocycles. The molecule has 0 saturated carbocycles. The second-order valence-corrected chi connectivity index (χ2v) is 6.58. The van der Waals surface area contributed by atoms with E-state index >= 15 is 0 Å². The molecule has 1 heterocycles. The lowest BCUT2D eigenvalue weighted by atomic mass is 9.98. The zero-order valence-corrected chi connectivity index (χ0v) is 12.9. The van der Waals surface area contributed by atoms with E-state index in [0.29, 0.717) is 10.5 Å². The second kappa shape index (κ2) is 5.31. The molecule has 3 rings (SSSR count). The molecule has 1 unspecified atom stereocenters. The highest BCUT2D eigenvalue weighted by atomic mass is 79.9. The summed E-state index contributed by atoms with van der Waals surface area (Å²) in [5.41, 5.74) is 2.03. The Morgan fingerprint density at radius 2 is 2.32 bits per heavy atom. The van der Waals surface area contributed by atoms with Crippen molar-refractivity contribution in [3.05, 3.63) is 39.1 Å². The first-order chi connectivity index (χ1) is 9.19. The first-order valence-corrected chi connectivity index (χ1v) is 7.92. The third-order valence-electron chi connectivity index (χ3n) is 3.47. The van der Waals surface area contributed by atoms with E-state index in [9.17, 15) is 4.39 Å². The largest absolute Gasteiger partial charge is 0.312 e. The molecule has 19 heavy (non-hydrogen) atoms. The van der Waals surface area contributed by atoms with Crippen LogP contribution in [0.1, 0.15) is 29.5 Å². The van der Waals surface area contributed by atoms with Crippen LogP contribution in [-0.2, 0) is 6.42 Å². The summed E-state index contributed by atoms with van der Waals surface area (Å²) in [5, 5.41) is 4.25. The van der Waals surface area contributed by atoms with E-state index in [1.807, 2.05) is 13.1 Å². The van der Waals surface area contributed by atoms with Gasteiger partial charge in [-0.3, -0.25) is 0 Å². The Morgan fingerprint density at radius 3 is 3.05 bits per heavy atom. The molecule has 1 N–H and O–H groups in total. The summed E-state index contributed by atoms with van der Waals surface area (Å²) in [6.45, 7) is 0. The highest BCUT2D eigenvalue weighted by molar-refractivity contribution is 9.10. The van der Waals surface area contributed by atoms with Crippen molar-refractivity contribution >= 4 is 27.3 Å². The van der Waals surface area contributed by atoms with Gasteiger partial charge in [-0.1, -0.05) is 6.07 Å². The molecule has 1 atom stereocenters. The average Bonchev–Trinajstić information content (AvgIpc) is 2.85. The number of aromatic nitrogens is 1. The predicted octanol–water partition coefficient (Wildman–Crippen LogP) is 4.31. The van der Waals surface area contributed by atoms with Gasteiger partial charge < -0.3 is 5.32 Å². The van der Waals surface area contributed by atoms with Crippen molar-refractivity contribution in [1.29, 1.82) is 0 Å². The fourth-order valence-corrected chi connectivity index (χ4v) is 3.95. The van der Waals surface area contributed by atoms with E-state index in [4.69, 9.17) is 0 Å². The predicted molar refractivity (Wildman–Crippen MR) is 79.9 cm³/mol. The van der Waals surface area contributed by atoms with Crippen LogP contribution in [0, 0.1) is 5.82 Å². The van der Waals surface area contributed by atoms with Crippen molar-refractivity contribution in [3.63, 3.8) is 0 Å². The van der Waals surface area contributed by atoms with Gasteiger partial charge in [0.15, 0.2) is 0 Å². The Labute approximate surface area is 124 Å². The summed E-state index contributed by atoms with van der Waals surface area (Å²) in [7, 11) is 1.98. The van der Waals surface area contributed by atoms with Gasteiger partial charge in [0.25, 0.3) is 0 Å². The van der Waals surface area contributed by atoms with Crippen LogP contribution in [0.3, 0.4) is 0 Å². The summed E-state index contributed by atoms with van der Waals surface area (Å²) in [6.07, 6.45) is 3.35. The van der Waals surface area contributed by atoms with Gasteiger partial charge in [0.05, 0.1) is 10.2 Å². The van der Waals surface area contributed by atoms with Gasteiger partial charge in [-0.05, 0) is 54.4 Å². The lowest BCUT2D eigenvalue weighted by Gasteiger charge is -2.19. The molecule has 0 bridgehead atoms. The average molecular weight is 341 g/mol. The molecule has 0 aliphatic heterocycles. The van der Waals surface area contributed by atoms with Crippen LogP contribution in [0.5, 0.6) is 0 Å². The van der Waals surface area contributed by atoms with Gasteiger partial charge in [-0.2, -0.15) is 0 Å². The number of hydrogen-bond acceptors (Lipinski definition) is 3. The lowest BCUT2D eigenvalue weighted by molar-refractivity contribution is 0.501. The van der Waals surface area contributed by atoms with Gasteiger partial charge in [-0.25, -0.2) is 9.37 Å². The van der Waals surface area contributed by atoms with Crippen LogP contribution < -0.4 is 5.32 Å². The van der Waals surface area contributed by atoms with Gasteiger partial charge in [0.2, 0.25) is 0 Å². The molecule has 0 spiro atoms. The molecule has 2 nitrogen and oxygen atoms in total. The standard InChI is InChI=1S/C14H14BrFN2S/c1-17-11-3-2-4-12-13(11)19-14(18-12)8-5-6-9(15)10(16)7-8/h5-7,11,17H,2-4H2,1H3.